The molecule has 5 heteroatoms. The van der Waals surface area contributed by atoms with E-state index in [1.165, 1.54) is 12.8 Å². The van der Waals surface area contributed by atoms with Crippen LogP contribution in [-0.2, 0) is 10.0 Å². The number of unbranched alkanes of at least 4 members (excludes halogenated alkanes) is 1. The van der Waals surface area contributed by atoms with Crippen LogP contribution in [0.3, 0.4) is 0 Å². The number of sulfonamides is 1. The maximum atomic E-state index is 11.4. The predicted octanol–water partition coefficient (Wildman–Crippen LogP) is 1.72. The lowest BCUT2D eigenvalue weighted by Crippen LogP contribution is -2.27. The summed E-state index contributed by atoms with van der Waals surface area (Å²) in [7, 11) is -3.03. The molecule has 14 heavy (non-hydrogen) atoms. The van der Waals surface area contributed by atoms with Gasteiger partial charge in [-0.3, -0.25) is 0 Å². The summed E-state index contributed by atoms with van der Waals surface area (Å²) in [6.07, 6.45) is 4.96. The summed E-state index contributed by atoms with van der Waals surface area (Å²) in [4.78, 5) is 0. The fraction of sp³-hybridized carbons (Fsp3) is 1.00. The van der Waals surface area contributed by atoms with Gasteiger partial charge in [-0.15, -0.1) is 11.6 Å². The van der Waals surface area contributed by atoms with Crippen LogP contribution in [-0.4, -0.2) is 26.6 Å². The lowest BCUT2D eigenvalue weighted by atomic mass is 10.3. The third-order valence-corrected chi connectivity index (χ3v) is 4.11. The molecule has 0 aliphatic heterocycles. The van der Waals surface area contributed by atoms with Gasteiger partial charge in [0.05, 0.1) is 5.75 Å². The molecule has 1 aliphatic carbocycles. The second kappa shape index (κ2) is 5.93. The average molecular weight is 240 g/mol. The summed E-state index contributed by atoms with van der Waals surface area (Å²) in [6.45, 7) is 0.605. The highest BCUT2D eigenvalue weighted by atomic mass is 35.5. The molecular formula is C9H18ClNO2S. The first kappa shape index (κ1) is 12.3. The van der Waals surface area contributed by atoms with Gasteiger partial charge in [0, 0.05) is 12.4 Å². The van der Waals surface area contributed by atoms with Gasteiger partial charge in [-0.2, -0.15) is 0 Å². The summed E-state index contributed by atoms with van der Waals surface area (Å²) >= 11 is 5.47. The standard InChI is InChI=1S/C9H18ClNO2S/c10-6-1-2-8-14(12,13)11-7-5-9-3-4-9/h9,11H,1-8H2. The molecule has 1 saturated carbocycles. The maximum Gasteiger partial charge on any atom is 0.211 e. The second-order valence-corrected chi connectivity index (χ2v) is 6.15. The third kappa shape index (κ3) is 5.83. The predicted molar refractivity (Wildman–Crippen MR) is 59.1 cm³/mol. The van der Waals surface area contributed by atoms with E-state index in [2.05, 4.69) is 4.72 Å². The van der Waals surface area contributed by atoms with Crippen molar-refractivity contribution in [2.75, 3.05) is 18.2 Å². The summed E-state index contributed by atoms with van der Waals surface area (Å²) in [5, 5.41) is 0. The lowest BCUT2D eigenvalue weighted by Gasteiger charge is -2.05. The van der Waals surface area contributed by atoms with Crippen LogP contribution in [0.15, 0.2) is 0 Å². The van der Waals surface area contributed by atoms with Crippen molar-refractivity contribution in [3.63, 3.8) is 0 Å². The number of hydrogen-bond donors (Lipinski definition) is 1. The van der Waals surface area contributed by atoms with Gasteiger partial charge in [0.1, 0.15) is 0 Å². The van der Waals surface area contributed by atoms with Gasteiger partial charge in [0.25, 0.3) is 0 Å². The third-order valence-electron chi connectivity index (χ3n) is 2.37. The Labute approximate surface area is 91.3 Å². The van der Waals surface area contributed by atoms with E-state index in [1.54, 1.807) is 0 Å². The fourth-order valence-electron chi connectivity index (χ4n) is 1.28. The van der Waals surface area contributed by atoms with Crippen molar-refractivity contribution in [1.82, 2.24) is 4.72 Å². The van der Waals surface area contributed by atoms with E-state index in [0.717, 1.165) is 18.8 Å². The first-order valence-electron chi connectivity index (χ1n) is 5.17. The molecule has 3 nitrogen and oxygen atoms in total. The van der Waals surface area contributed by atoms with Gasteiger partial charge < -0.3 is 0 Å². The van der Waals surface area contributed by atoms with Crippen LogP contribution in [0.4, 0.5) is 0 Å². The molecule has 84 valence electrons. The summed E-state index contributed by atoms with van der Waals surface area (Å²) in [6, 6.07) is 0. The molecule has 0 atom stereocenters. The van der Waals surface area contributed by atoms with E-state index < -0.39 is 10.0 Å². The molecule has 0 amide bonds. The highest BCUT2D eigenvalue weighted by Crippen LogP contribution is 2.31. The number of halogens is 1. The number of hydrogen-bond acceptors (Lipinski definition) is 2. The minimum Gasteiger partial charge on any atom is -0.215 e. The van der Waals surface area contributed by atoms with Crippen molar-refractivity contribution in [2.45, 2.75) is 32.1 Å². The maximum absolute atomic E-state index is 11.4. The van der Waals surface area contributed by atoms with Gasteiger partial charge >= 0.3 is 0 Å². The Kier molecular flexibility index (Phi) is 5.20. The molecule has 0 aromatic heterocycles. The van der Waals surface area contributed by atoms with Gasteiger partial charge in [0.2, 0.25) is 10.0 Å². The van der Waals surface area contributed by atoms with Crippen molar-refractivity contribution >= 4 is 21.6 Å². The smallest absolute Gasteiger partial charge is 0.211 e. The van der Waals surface area contributed by atoms with Crippen molar-refractivity contribution in [3.8, 4) is 0 Å². The lowest BCUT2D eigenvalue weighted by molar-refractivity contribution is 0.572. The Balaban J connectivity index is 2.06. The highest BCUT2D eigenvalue weighted by molar-refractivity contribution is 7.89. The molecule has 1 N–H and O–H groups in total. The molecule has 1 aliphatic rings. The monoisotopic (exact) mass is 239 g/mol. The quantitative estimate of drug-likeness (QED) is 0.518. The first-order chi connectivity index (χ1) is 6.64. The molecule has 0 bridgehead atoms. The fourth-order valence-corrected chi connectivity index (χ4v) is 2.63. The molecule has 0 heterocycles. The van der Waals surface area contributed by atoms with Crippen LogP contribution >= 0.6 is 11.6 Å². The molecule has 0 aromatic carbocycles. The summed E-state index contributed by atoms with van der Waals surface area (Å²) < 4.78 is 25.3. The molecule has 0 saturated heterocycles. The van der Waals surface area contributed by atoms with Crippen LogP contribution < -0.4 is 4.72 Å². The normalized spacial score (nSPS) is 17.2. The van der Waals surface area contributed by atoms with Gasteiger partial charge in [-0.1, -0.05) is 12.8 Å². The van der Waals surface area contributed by atoms with Crippen molar-refractivity contribution in [3.05, 3.63) is 0 Å². The Morgan fingerprint density at radius 1 is 1.29 bits per heavy atom. The van der Waals surface area contributed by atoms with Crippen LogP contribution in [0, 0.1) is 5.92 Å². The van der Waals surface area contributed by atoms with Gasteiger partial charge in [0.15, 0.2) is 0 Å². The zero-order valence-electron chi connectivity index (χ0n) is 8.34. The van der Waals surface area contributed by atoms with Gasteiger partial charge in [-0.25, -0.2) is 13.1 Å². The Hall–Kier alpha value is 0.200. The van der Waals surface area contributed by atoms with Crippen LogP contribution in [0.2, 0.25) is 0 Å². The summed E-state index contributed by atoms with van der Waals surface area (Å²) in [5.41, 5.74) is 0. The average Bonchev–Trinajstić information content (AvgIpc) is 2.88. The largest absolute Gasteiger partial charge is 0.215 e. The van der Waals surface area contributed by atoms with Gasteiger partial charge in [-0.05, 0) is 25.2 Å². The molecule has 0 aromatic rings. The topological polar surface area (TPSA) is 46.2 Å². The first-order valence-corrected chi connectivity index (χ1v) is 7.36. The van der Waals surface area contributed by atoms with E-state index in [-0.39, 0.29) is 5.75 Å². The summed E-state index contributed by atoms with van der Waals surface area (Å²) in [5.74, 6) is 1.53. The molecule has 0 spiro atoms. The SMILES string of the molecule is O=S(=O)(CCCCCl)NCCC1CC1. The van der Waals surface area contributed by atoms with E-state index in [1.807, 2.05) is 0 Å². The minimum atomic E-state index is -3.03. The Morgan fingerprint density at radius 2 is 2.00 bits per heavy atom. The zero-order chi connectivity index (χ0) is 10.4. The number of nitrogens with one attached hydrogen (secondary N) is 1. The van der Waals surface area contributed by atoms with Crippen LogP contribution in [0.5, 0.6) is 0 Å². The zero-order valence-corrected chi connectivity index (χ0v) is 9.91. The second-order valence-electron chi connectivity index (χ2n) is 3.84. The number of alkyl halides is 1. The van der Waals surface area contributed by atoms with Crippen molar-refractivity contribution < 1.29 is 8.42 Å². The minimum absolute atomic E-state index is 0.213. The van der Waals surface area contributed by atoms with E-state index in [0.29, 0.717) is 18.8 Å². The molecule has 1 rings (SSSR count). The van der Waals surface area contributed by atoms with E-state index in [4.69, 9.17) is 11.6 Å². The molecule has 0 unspecified atom stereocenters. The Bertz CT molecular complexity index is 250. The van der Waals surface area contributed by atoms with Crippen molar-refractivity contribution in [1.29, 1.82) is 0 Å². The van der Waals surface area contributed by atoms with Crippen molar-refractivity contribution in [2.24, 2.45) is 5.92 Å². The van der Waals surface area contributed by atoms with E-state index in [9.17, 15) is 8.42 Å². The molecule has 1 fully saturated rings. The molecular weight excluding hydrogens is 222 g/mol. The Morgan fingerprint density at radius 3 is 2.57 bits per heavy atom. The van der Waals surface area contributed by atoms with Crippen LogP contribution in [0.1, 0.15) is 32.1 Å². The highest BCUT2D eigenvalue weighted by Gasteiger charge is 2.21. The van der Waals surface area contributed by atoms with E-state index >= 15 is 0 Å². The number of rotatable bonds is 8. The van der Waals surface area contributed by atoms with Crippen LogP contribution in [0.25, 0.3) is 0 Å². The molecule has 0 radical (unpaired) electrons.